The highest BCUT2D eigenvalue weighted by Crippen LogP contribution is 2.28. The Balaban J connectivity index is 1.37. The number of hydrogen-bond donors (Lipinski definition) is 2. The summed E-state index contributed by atoms with van der Waals surface area (Å²) in [5.74, 6) is 0. The number of hydrogen-bond acceptors (Lipinski definition) is 4. The van der Waals surface area contributed by atoms with Gasteiger partial charge in [-0.15, -0.1) is 0 Å². The van der Waals surface area contributed by atoms with E-state index in [2.05, 4.69) is 15.2 Å². The smallest absolute Gasteiger partial charge is 0.317 e. The molecule has 1 aromatic heterocycles. The fraction of sp³-hybridized carbons (Fsp3) is 0.500. The van der Waals surface area contributed by atoms with Crippen molar-refractivity contribution in [2.24, 2.45) is 0 Å². The van der Waals surface area contributed by atoms with Crippen LogP contribution in [0, 0.1) is 0 Å². The highest BCUT2D eigenvalue weighted by Gasteiger charge is 2.26. The minimum absolute atomic E-state index is 0.0161. The van der Waals surface area contributed by atoms with Crippen LogP contribution in [0.1, 0.15) is 25.7 Å². The van der Waals surface area contributed by atoms with E-state index in [1.165, 1.54) is 0 Å². The Labute approximate surface area is 164 Å². The zero-order valence-electron chi connectivity index (χ0n) is 15.3. The number of amides is 2. The molecule has 144 valence electrons. The van der Waals surface area contributed by atoms with Crippen molar-refractivity contribution in [1.82, 2.24) is 15.2 Å². The molecule has 0 atom stereocenters. The van der Waals surface area contributed by atoms with Crippen molar-refractivity contribution in [2.75, 3.05) is 31.1 Å². The van der Waals surface area contributed by atoms with Gasteiger partial charge in [0.15, 0.2) is 0 Å². The molecule has 0 bridgehead atoms. The van der Waals surface area contributed by atoms with Gasteiger partial charge < -0.3 is 20.2 Å². The predicted octanol–water partition coefficient (Wildman–Crippen LogP) is 3.02. The van der Waals surface area contributed by atoms with Crippen molar-refractivity contribution in [3.63, 3.8) is 0 Å². The number of carbonyl (C=O) groups is 1. The molecule has 4 rings (SSSR count). The minimum Gasteiger partial charge on any atom is -0.393 e. The van der Waals surface area contributed by atoms with E-state index < -0.39 is 0 Å². The van der Waals surface area contributed by atoms with Gasteiger partial charge in [-0.25, -0.2) is 4.79 Å². The molecule has 1 aliphatic carbocycles. The van der Waals surface area contributed by atoms with Gasteiger partial charge in [-0.05, 0) is 49.9 Å². The maximum absolute atomic E-state index is 12.6. The Morgan fingerprint density at radius 3 is 2.59 bits per heavy atom. The zero-order valence-corrected chi connectivity index (χ0v) is 16.0. The lowest BCUT2D eigenvalue weighted by Gasteiger charge is -2.37. The van der Waals surface area contributed by atoms with Gasteiger partial charge in [0.2, 0.25) is 0 Å². The monoisotopic (exact) mass is 388 g/mol. The van der Waals surface area contributed by atoms with Crippen molar-refractivity contribution in [1.29, 1.82) is 0 Å². The minimum atomic E-state index is -0.202. The quantitative estimate of drug-likeness (QED) is 0.829. The van der Waals surface area contributed by atoms with Crippen LogP contribution in [0.15, 0.2) is 30.5 Å². The predicted molar refractivity (Wildman–Crippen MR) is 107 cm³/mol. The lowest BCUT2D eigenvalue weighted by Crippen LogP contribution is -2.54. The Morgan fingerprint density at radius 1 is 1.11 bits per heavy atom. The molecule has 0 radical (unpaired) electrons. The first-order chi connectivity index (χ1) is 13.1. The van der Waals surface area contributed by atoms with Crippen LogP contribution in [0.5, 0.6) is 0 Å². The van der Waals surface area contributed by atoms with Crippen molar-refractivity contribution >= 4 is 34.2 Å². The number of nitrogens with one attached hydrogen (secondary N) is 1. The highest BCUT2D eigenvalue weighted by molar-refractivity contribution is 6.31. The first-order valence-corrected chi connectivity index (χ1v) is 10.0. The number of fused-ring (bicyclic) bond motifs is 1. The van der Waals surface area contributed by atoms with Gasteiger partial charge in [0.05, 0.1) is 11.6 Å². The number of aliphatic hydroxyl groups excluding tert-OH is 1. The van der Waals surface area contributed by atoms with E-state index in [0.29, 0.717) is 18.1 Å². The van der Waals surface area contributed by atoms with Gasteiger partial charge in [0, 0.05) is 54.5 Å². The van der Waals surface area contributed by atoms with Crippen molar-refractivity contribution < 1.29 is 9.90 Å². The first-order valence-electron chi connectivity index (χ1n) is 9.63. The summed E-state index contributed by atoms with van der Waals surface area (Å²) in [5.41, 5.74) is 2.03. The average molecular weight is 389 g/mol. The lowest BCUT2D eigenvalue weighted by atomic mass is 9.93. The largest absolute Gasteiger partial charge is 0.393 e. The number of anilines is 1. The normalized spacial score (nSPS) is 23.5. The van der Waals surface area contributed by atoms with Gasteiger partial charge in [-0.2, -0.15) is 0 Å². The fourth-order valence-electron chi connectivity index (χ4n) is 4.02. The lowest BCUT2D eigenvalue weighted by molar-refractivity contribution is 0.115. The molecule has 2 amide bonds. The number of aliphatic hydroxyl groups is 1. The molecule has 27 heavy (non-hydrogen) atoms. The molecule has 6 nitrogen and oxygen atoms in total. The fourth-order valence-corrected chi connectivity index (χ4v) is 4.18. The zero-order chi connectivity index (χ0) is 18.8. The number of nitrogens with zero attached hydrogens (tertiary/aromatic N) is 3. The summed E-state index contributed by atoms with van der Waals surface area (Å²) >= 11 is 6.08. The molecule has 2 aromatic rings. The van der Waals surface area contributed by atoms with Crippen LogP contribution in [-0.4, -0.2) is 59.3 Å². The van der Waals surface area contributed by atoms with E-state index in [1.807, 2.05) is 35.4 Å². The van der Waals surface area contributed by atoms with Gasteiger partial charge in [0.25, 0.3) is 0 Å². The van der Waals surface area contributed by atoms with Gasteiger partial charge >= 0.3 is 6.03 Å². The van der Waals surface area contributed by atoms with Gasteiger partial charge in [-0.1, -0.05) is 11.6 Å². The molecule has 1 saturated carbocycles. The van der Waals surface area contributed by atoms with E-state index in [9.17, 15) is 9.90 Å². The SMILES string of the molecule is O=C(NC1CCC(O)CC1)N1CCN(c2ccnc3cc(Cl)ccc23)CC1. The van der Waals surface area contributed by atoms with E-state index >= 15 is 0 Å². The third-order valence-corrected chi connectivity index (χ3v) is 5.85. The summed E-state index contributed by atoms with van der Waals surface area (Å²) in [5, 5.41) is 14.5. The summed E-state index contributed by atoms with van der Waals surface area (Å²) in [7, 11) is 0. The summed E-state index contributed by atoms with van der Waals surface area (Å²) < 4.78 is 0. The van der Waals surface area contributed by atoms with Crippen LogP contribution in [0.3, 0.4) is 0 Å². The van der Waals surface area contributed by atoms with Crippen molar-refractivity contribution in [3.05, 3.63) is 35.5 Å². The standard InChI is InChI=1S/C20H25ClN4O2/c21-14-1-6-17-18(13-14)22-8-7-19(17)24-9-11-25(12-10-24)20(27)23-15-2-4-16(26)5-3-15/h1,6-8,13,15-16,26H,2-5,9-12H2,(H,23,27). The summed E-state index contributed by atoms with van der Waals surface area (Å²) in [4.78, 5) is 21.2. The number of pyridine rings is 1. The van der Waals surface area contributed by atoms with E-state index in [0.717, 1.165) is 55.4 Å². The number of piperazine rings is 1. The maximum atomic E-state index is 12.6. The average Bonchev–Trinajstić information content (AvgIpc) is 2.69. The third-order valence-electron chi connectivity index (χ3n) is 5.61. The number of carbonyl (C=O) groups excluding carboxylic acids is 1. The molecule has 7 heteroatoms. The maximum Gasteiger partial charge on any atom is 0.317 e. The number of halogens is 1. The molecule has 1 aromatic carbocycles. The Hall–Kier alpha value is -2.05. The first kappa shape index (κ1) is 18.3. The summed E-state index contributed by atoms with van der Waals surface area (Å²) in [6.07, 6.45) is 4.88. The Bertz CT molecular complexity index is 815. The number of benzene rings is 1. The molecule has 2 fully saturated rings. The van der Waals surface area contributed by atoms with Crippen LogP contribution >= 0.6 is 11.6 Å². The van der Waals surface area contributed by atoms with E-state index in [4.69, 9.17) is 11.6 Å². The van der Waals surface area contributed by atoms with Crippen LogP contribution in [-0.2, 0) is 0 Å². The molecule has 1 saturated heterocycles. The summed E-state index contributed by atoms with van der Waals surface area (Å²) in [6.45, 7) is 2.97. The van der Waals surface area contributed by atoms with Gasteiger partial charge in [-0.3, -0.25) is 4.98 Å². The second-order valence-corrected chi connectivity index (χ2v) is 7.86. The number of urea groups is 1. The van der Waals surface area contributed by atoms with Crippen LogP contribution in [0.2, 0.25) is 5.02 Å². The molecular formula is C20H25ClN4O2. The third kappa shape index (κ3) is 4.12. The van der Waals surface area contributed by atoms with E-state index in [1.54, 1.807) is 0 Å². The van der Waals surface area contributed by atoms with Crippen molar-refractivity contribution in [2.45, 2.75) is 37.8 Å². The molecule has 0 spiro atoms. The van der Waals surface area contributed by atoms with E-state index in [-0.39, 0.29) is 18.2 Å². The van der Waals surface area contributed by atoms with Crippen LogP contribution in [0.25, 0.3) is 10.9 Å². The Morgan fingerprint density at radius 2 is 1.85 bits per heavy atom. The number of aromatic nitrogens is 1. The topological polar surface area (TPSA) is 68.7 Å². The number of rotatable bonds is 2. The second kappa shape index (κ2) is 7.90. The molecule has 2 heterocycles. The van der Waals surface area contributed by atoms with Crippen LogP contribution in [0.4, 0.5) is 10.5 Å². The molecule has 2 aliphatic rings. The Kier molecular flexibility index (Phi) is 5.36. The second-order valence-electron chi connectivity index (χ2n) is 7.42. The highest BCUT2D eigenvalue weighted by atomic mass is 35.5. The molecule has 0 unspecified atom stereocenters. The molecule has 1 aliphatic heterocycles. The summed E-state index contributed by atoms with van der Waals surface area (Å²) in [6, 6.07) is 8.01. The molecule has 2 N–H and O–H groups in total. The molecular weight excluding hydrogens is 364 g/mol. The van der Waals surface area contributed by atoms with Crippen molar-refractivity contribution in [3.8, 4) is 0 Å². The van der Waals surface area contributed by atoms with Crippen LogP contribution < -0.4 is 10.2 Å². The van der Waals surface area contributed by atoms with Gasteiger partial charge in [0.1, 0.15) is 0 Å².